The molecule has 1 saturated heterocycles. The molecule has 1 aliphatic rings. The van der Waals surface area contributed by atoms with Crippen LogP contribution in [0.25, 0.3) is 6.08 Å². The number of ether oxygens (including phenoxy) is 1. The van der Waals surface area contributed by atoms with Crippen molar-refractivity contribution in [3.63, 3.8) is 0 Å². The van der Waals surface area contributed by atoms with Crippen LogP contribution in [0.5, 0.6) is 5.75 Å². The smallest absolute Gasteiger partial charge is 0.264 e. The van der Waals surface area contributed by atoms with E-state index in [0.29, 0.717) is 16.7 Å². The van der Waals surface area contributed by atoms with Crippen LogP contribution in [0, 0.1) is 13.8 Å². The molecule has 0 saturated carbocycles. The molecule has 4 rings (SSSR count). The van der Waals surface area contributed by atoms with Gasteiger partial charge < -0.3 is 10.1 Å². The van der Waals surface area contributed by atoms with Crippen LogP contribution in [-0.2, 0) is 11.4 Å². The standard InChI is InChI=1S/C25H22N2O2S/c1-17-6-8-20(9-7-17)16-29-22-12-10-19(11-13-22)15-23-24(28)27-25(30-23)26-21-5-3-4-18(2)14-21/h3-15H,16H2,1-2H3,(H,26,27,28)/b23-15-. The highest BCUT2D eigenvalue weighted by Gasteiger charge is 2.23. The highest BCUT2D eigenvalue weighted by Crippen LogP contribution is 2.28. The lowest BCUT2D eigenvalue weighted by molar-refractivity contribution is -0.115. The number of aryl methyl sites for hydroxylation is 2. The second kappa shape index (κ2) is 9.01. The van der Waals surface area contributed by atoms with Crippen molar-refractivity contribution in [3.05, 3.63) is 100.0 Å². The van der Waals surface area contributed by atoms with Gasteiger partial charge in [-0.15, -0.1) is 0 Å². The Labute approximate surface area is 180 Å². The molecule has 0 spiro atoms. The lowest BCUT2D eigenvalue weighted by Crippen LogP contribution is -2.19. The molecule has 30 heavy (non-hydrogen) atoms. The Balaban J connectivity index is 1.40. The average molecular weight is 415 g/mol. The molecule has 1 fully saturated rings. The zero-order valence-electron chi connectivity index (χ0n) is 16.9. The number of carbonyl (C=O) groups excluding carboxylic acids is 1. The van der Waals surface area contributed by atoms with E-state index in [1.165, 1.54) is 17.3 Å². The second-order valence-corrected chi connectivity index (χ2v) is 8.19. The molecule has 1 N–H and O–H groups in total. The highest BCUT2D eigenvalue weighted by molar-refractivity contribution is 8.18. The van der Waals surface area contributed by atoms with E-state index in [0.717, 1.165) is 28.1 Å². The van der Waals surface area contributed by atoms with Crippen LogP contribution < -0.4 is 10.1 Å². The summed E-state index contributed by atoms with van der Waals surface area (Å²) in [6.45, 7) is 4.61. The number of thioether (sulfide) groups is 1. The third-order valence-electron chi connectivity index (χ3n) is 4.59. The van der Waals surface area contributed by atoms with Crippen LogP contribution >= 0.6 is 11.8 Å². The van der Waals surface area contributed by atoms with Crippen molar-refractivity contribution in [1.29, 1.82) is 0 Å². The zero-order valence-corrected chi connectivity index (χ0v) is 17.7. The number of carbonyl (C=O) groups is 1. The van der Waals surface area contributed by atoms with Gasteiger partial charge in [-0.05, 0) is 72.6 Å². The number of aliphatic imine (C=N–C) groups is 1. The molecule has 0 aromatic heterocycles. The van der Waals surface area contributed by atoms with E-state index in [1.807, 2.05) is 61.5 Å². The van der Waals surface area contributed by atoms with Crippen molar-refractivity contribution in [2.75, 3.05) is 0 Å². The first-order chi connectivity index (χ1) is 14.5. The van der Waals surface area contributed by atoms with E-state index >= 15 is 0 Å². The van der Waals surface area contributed by atoms with Crippen LogP contribution in [0.3, 0.4) is 0 Å². The molecule has 0 aliphatic carbocycles. The molecule has 0 unspecified atom stereocenters. The Morgan fingerprint density at radius 3 is 2.47 bits per heavy atom. The third kappa shape index (κ3) is 5.19. The lowest BCUT2D eigenvalue weighted by atomic mass is 10.1. The predicted molar refractivity (Wildman–Crippen MR) is 124 cm³/mol. The molecule has 3 aromatic carbocycles. The minimum absolute atomic E-state index is 0.133. The Kier molecular flexibility index (Phi) is 6.00. The summed E-state index contributed by atoms with van der Waals surface area (Å²) < 4.78 is 5.85. The first kappa shape index (κ1) is 20.0. The molecule has 0 radical (unpaired) electrons. The molecule has 150 valence electrons. The van der Waals surface area contributed by atoms with Gasteiger partial charge in [0.1, 0.15) is 12.4 Å². The average Bonchev–Trinajstić information content (AvgIpc) is 3.07. The van der Waals surface area contributed by atoms with Gasteiger partial charge in [-0.1, -0.05) is 54.1 Å². The van der Waals surface area contributed by atoms with Gasteiger partial charge in [-0.25, -0.2) is 4.99 Å². The van der Waals surface area contributed by atoms with Crippen LogP contribution in [0.2, 0.25) is 0 Å². The van der Waals surface area contributed by atoms with Crippen LogP contribution in [0.4, 0.5) is 5.69 Å². The summed E-state index contributed by atoms with van der Waals surface area (Å²) >= 11 is 1.35. The van der Waals surface area contributed by atoms with E-state index in [2.05, 4.69) is 41.5 Å². The van der Waals surface area contributed by atoms with Crippen LogP contribution in [-0.4, -0.2) is 11.1 Å². The fraction of sp³-hybridized carbons (Fsp3) is 0.120. The number of amidine groups is 1. The van der Waals surface area contributed by atoms with Gasteiger partial charge in [0.05, 0.1) is 10.6 Å². The number of nitrogens with zero attached hydrogens (tertiary/aromatic N) is 1. The van der Waals surface area contributed by atoms with Crippen molar-refractivity contribution in [1.82, 2.24) is 5.32 Å². The number of hydrogen-bond donors (Lipinski definition) is 1. The monoisotopic (exact) mass is 414 g/mol. The maximum Gasteiger partial charge on any atom is 0.264 e. The Bertz CT molecular complexity index is 1120. The van der Waals surface area contributed by atoms with Gasteiger partial charge >= 0.3 is 0 Å². The molecular formula is C25H22N2O2S. The van der Waals surface area contributed by atoms with Gasteiger partial charge in [0.25, 0.3) is 5.91 Å². The molecule has 3 aromatic rings. The number of rotatable bonds is 5. The van der Waals surface area contributed by atoms with E-state index < -0.39 is 0 Å². The van der Waals surface area contributed by atoms with Gasteiger partial charge in [0.15, 0.2) is 5.17 Å². The van der Waals surface area contributed by atoms with E-state index in [1.54, 1.807) is 0 Å². The Morgan fingerprint density at radius 2 is 1.73 bits per heavy atom. The normalized spacial score (nSPS) is 16.1. The van der Waals surface area contributed by atoms with E-state index in [9.17, 15) is 4.79 Å². The van der Waals surface area contributed by atoms with Crippen LogP contribution in [0.15, 0.2) is 82.7 Å². The van der Waals surface area contributed by atoms with Crippen molar-refractivity contribution < 1.29 is 9.53 Å². The summed E-state index contributed by atoms with van der Waals surface area (Å²) in [6.07, 6.45) is 1.86. The summed E-state index contributed by atoms with van der Waals surface area (Å²) in [6, 6.07) is 23.9. The number of nitrogens with one attached hydrogen (secondary N) is 1. The minimum Gasteiger partial charge on any atom is -0.489 e. The second-order valence-electron chi connectivity index (χ2n) is 7.16. The highest BCUT2D eigenvalue weighted by atomic mass is 32.2. The minimum atomic E-state index is -0.133. The first-order valence-corrected chi connectivity index (χ1v) is 10.5. The summed E-state index contributed by atoms with van der Waals surface area (Å²) in [5.41, 5.74) is 5.26. The molecule has 5 heteroatoms. The molecular weight excluding hydrogens is 392 g/mol. The van der Waals surface area contributed by atoms with Gasteiger partial charge in [-0.2, -0.15) is 0 Å². The largest absolute Gasteiger partial charge is 0.489 e. The first-order valence-electron chi connectivity index (χ1n) is 9.70. The van der Waals surface area contributed by atoms with Crippen molar-refractivity contribution in [3.8, 4) is 5.75 Å². The van der Waals surface area contributed by atoms with Crippen molar-refractivity contribution in [2.45, 2.75) is 20.5 Å². The lowest BCUT2D eigenvalue weighted by Gasteiger charge is -2.07. The summed E-state index contributed by atoms with van der Waals surface area (Å²) in [4.78, 5) is 17.4. The molecule has 1 amide bonds. The Morgan fingerprint density at radius 1 is 0.967 bits per heavy atom. The molecule has 4 nitrogen and oxygen atoms in total. The SMILES string of the molecule is Cc1ccc(COc2ccc(/C=C3\SC(=Nc4cccc(C)c4)NC3=O)cc2)cc1. The molecule has 0 bridgehead atoms. The van der Waals surface area contributed by atoms with Crippen molar-refractivity contribution in [2.24, 2.45) is 4.99 Å². The fourth-order valence-electron chi connectivity index (χ4n) is 2.96. The van der Waals surface area contributed by atoms with Crippen LogP contribution in [0.1, 0.15) is 22.3 Å². The van der Waals surface area contributed by atoms with E-state index in [-0.39, 0.29) is 5.91 Å². The predicted octanol–water partition coefficient (Wildman–Crippen LogP) is 5.77. The maximum absolute atomic E-state index is 12.3. The molecule has 0 atom stereocenters. The molecule has 1 aliphatic heterocycles. The maximum atomic E-state index is 12.3. The third-order valence-corrected chi connectivity index (χ3v) is 5.50. The summed E-state index contributed by atoms with van der Waals surface area (Å²) in [5, 5.41) is 3.42. The van der Waals surface area contributed by atoms with Gasteiger partial charge in [0, 0.05) is 0 Å². The fourth-order valence-corrected chi connectivity index (χ4v) is 3.80. The zero-order chi connectivity index (χ0) is 20.9. The quantitative estimate of drug-likeness (QED) is 0.539. The summed E-state index contributed by atoms with van der Waals surface area (Å²) in [7, 11) is 0. The molecule has 1 heterocycles. The van der Waals surface area contributed by atoms with E-state index in [4.69, 9.17) is 4.74 Å². The van der Waals surface area contributed by atoms with Gasteiger partial charge in [-0.3, -0.25) is 4.79 Å². The number of hydrogen-bond acceptors (Lipinski definition) is 4. The van der Waals surface area contributed by atoms with Crippen molar-refractivity contribution >= 4 is 34.6 Å². The Hall–Kier alpha value is -3.31. The summed E-state index contributed by atoms with van der Waals surface area (Å²) in [5.74, 6) is 0.661. The number of benzene rings is 3. The number of amides is 1. The topological polar surface area (TPSA) is 50.7 Å². The van der Waals surface area contributed by atoms with Gasteiger partial charge in [0.2, 0.25) is 0 Å².